The Bertz CT molecular complexity index is 731. The zero-order chi connectivity index (χ0) is 18.4. The van der Waals surface area contributed by atoms with Crippen LogP contribution in [0.15, 0.2) is 42.6 Å². The van der Waals surface area contributed by atoms with Crippen LogP contribution in [0.3, 0.4) is 0 Å². The van der Waals surface area contributed by atoms with E-state index in [4.69, 9.17) is 16.3 Å². The predicted octanol–water partition coefficient (Wildman–Crippen LogP) is 2.50. The molecule has 0 spiro atoms. The van der Waals surface area contributed by atoms with Crippen molar-refractivity contribution in [1.29, 1.82) is 0 Å². The number of piperazine rings is 1. The van der Waals surface area contributed by atoms with Gasteiger partial charge in [-0.2, -0.15) is 0 Å². The lowest BCUT2D eigenvalue weighted by atomic mass is 10.2. The van der Waals surface area contributed by atoms with E-state index in [1.807, 2.05) is 12.1 Å². The number of rotatable bonds is 6. The Kier molecular flexibility index (Phi) is 6.44. The summed E-state index contributed by atoms with van der Waals surface area (Å²) in [5.74, 6) is 1.35. The molecule has 6 nitrogen and oxygen atoms in total. The minimum absolute atomic E-state index is 0.0546. The van der Waals surface area contributed by atoms with E-state index in [0.29, 0.717) is 17.4 Å². The molecule has 0 radical (unpaired) electrons. The van der Waals surface area contributed by atoms with E-state index in [2.05, 4.69) is 32.2 Å². The molecule has 1 N–H and O–H groups in total. The molecule has 0 bridgehead atoms. The molecule has 1 amide bonds. The van der Waals surface area contributed by atoms with E-state index in [1.54, 1.807) is 19.2 Å². The summed E-state index contributed by atoms with van der Waals surface area (Å²) < 4.78 is 5.28. The number of amides is 1. The van der Waals surface area contributed by atoms with Gasteiger partial charge in [-0.3, -0.25) is 14.6 Å². The number of nitrogens with one attached hydrogen (secondary N) is 1. The lowest BCUT2D eigenvalue weighted by molar-refractivity contribution is -0.117. The van der Waals surface area contributed by atoms with Crippen LogP contribution in [0.2, 0.25) is 5.02 Å². The molecule has 26 heavy (non-hydrogen) atoms. The second kappa shape index (κ2) is 8.98. The molecule has 138 valence electrons. The maximum absolute atomic E-state index is 12.2. The predicted molar refractivity (Wildman–Crippen MR) is 103 cm³/mol. The second-order valence-electron chi connectivity index (χ2n) is 6.31. The first kappa shape index (κ1) is 18.6. The molecule has 0 saturated carbocycles. The van der Waals surface area contributed by atoms with Crippen LogP contribution in [0, 0.1) is 0 Å². The normalized spacial score (nSPS) is 15.6. The highest BCUT2D eigenvalue weighted by molar-refractivity contribution is 6.30. The van der Waals surface area contributed by atoms with E-state index < -0.39 is 0 Å². The van der Waals surface area contributed by atoms with Gasteiger partial charge in [0.15, 0.2) is 0 Å². The molecular weight excluding hydrogens is 352 g/mol. The van der Waals surface area contributed by atoms with Gasteiger partial charge in [0.05, 0.1) is 18.7 Å². The van der Waals surface area contributed by atoms with Crippen molar-refractivity contribution >= 4 is 23.3 Å². The fourth-order valence-electron chi connectivity index (χ4n) is 2.97. The molecule has 0 unspecified atom stereocenters. The van der Waals surface area contributed by atoms with Crippen LogP contribution in [0.1, 0.15) is 5.56 Å². The standard InChI is InChI=1S/C19H23ClN4O2/c1-26-17-4-2-3-15(11-17)13-23-7-9-24(10-8-23)14-19(25)22-18-6-5-16(20)12-21-18/h2-6,11-12H,7-10,13-14H2,1H3,(H,21,22,25). The summed E-state index contributed by atoms with van der Waals surface area (Å²) in [6.07, 6.45) is 1.52. The average Bonchev–Trinajstić information content (AvgIpc) is 2.65. The van der Waals surface area contributed by atoms with Crippen molar-refractivity contribution in [3.63, 3.8) is 0 Å². The van der Waals surface area contributed by atoms with E-state index >= 15 is 0 Å². The molecule has 0 atom stereocenters. The monoisotopic (exact) mass is 374 g/mol. The van der Waals surface area contributed by atoms with Gasteiger partial charge in [0, 0.05) is 38.9 Å². The largest absolute Gasteiger partial charge is 0.497 e. The van der Waals surface area contributed by atoms with Crippen molar-refractivity contribution in [1.82, 2.24) is 14.8 Å². The maximum Gasteiger partial charge on any atom is 0.239 e. The molecule has 1 saturated heterocycles. The first-order chi connectivity index (χ1) is 12.6. The summed E-state index contributed by atoms with van der Waals surface area (Å²) in [4.78, 5) is 20.8. The van der Waals surface area contributed by atoms with Crippen LogP contribution in [0.25, 0.3) is 0 Å². The van der Waals surface area contributed by atoms with Gasteiger partial charge in [0.2, 0.25) is 5.91 Å². The van der Waals surface area contributed by atoms with Crippen LogP contribution in [-0.2, 0) is 11.3 Å². The molecule has 3 rings (SSSR count). The minimum atomic E-state index is -0.0546. The molecule has 1 aromatic heterocycles. The summed E-state index contributed by atoms with van der Waals surface area (Å²) >= 11 is 5.80. The maximum atomic E-state index is 12.2. The zero-order valence-corrected chi connectivity index (χ0v) is 15.6. The lowest BCUT2D eigenvalue weighted by Crippen LogP contribution is -2.48. The third-order valence-electron chi connectivity index (χ3n) is 4.37. The number of hydrogen-bond acceptors (Lipinski definition) is 5. The minimum Gasteiger partial charge on any atom is -0.497 e. The number of carbonyl (C=O) groups excluding carboxylic acids is 1. The third-order valence-corrected chi connectivity index (χ3v) is 4.59. The van der Waals surface area contributed by atoms with E-state index in [-0.39, 0.29) is 5.91 Å². The Hall–Kier alpha value is -2.15. The highest BCUT2D eigenvalue weighted by Gasteiger charge is 2.19. The van der Waals surface area contributed by atoms with Crippen LogP contribution in [0.4, 0.5) is 5.82 Å². The van der Waals surface area contributed by atoms with E-state index in [9.17, 15) is 4.79 Å². The molecule has 2 heterocycles. The Balaban J connectivity index is 1.43. The topological polar surface area (TPSA) is 57.7 Å². The molecule has 1 aliphatic rings. The second-order valence-corrected chi connectivity index (χ2v) is 6.75. The number of pyridine rings is 1. The molecule has 7 heteroatoms. The number of hydrogen-bond donors (Lipinski definition) is 1. The van der Waals surface area contributed by atoms with Crippen LogP contribution < -0.4 is 10.1 Å². The third kappa shape index (κ3) is 5.42. The number of methoxy groups -OCH3 is 1. The fraction of sp³-hybridized carbons (Fsp3) is 0.368. The molecule has 1 aromatic carbocycles. The van der Waals surface area contributed by atoms with Crippen molar-refractivity contribution < 1.29 is 9.53 Å². The van der Waals surface area contributed by atoms with Crippen LogP contribution >= 0.6 is 11.6 Å². The Morgan fingerprint density at radius 3 is 2.65 bits per heavy atom. The number of benzene rings is 1. The van der Waals surface area contributed by atoms with E-state index in [1.165, 1.54) is 11.8 Å². The van der Waals surface area contributed by atoms with Gasteiger partial charge in [0.1, 0.15) is 11.6 Å². The zero-order valence-electron chi connectivity index (χ0n) is 14.8. The van der Waals surface area contributed by atoms with Crippen molar-refractivity contribution in [2.45, 2.75) is 6.54 Å². The van der Waals surface area contributed by atoms with Crippen LogP contribution in [0.5, 0.6) is 5.75 Å². The number of aromatic nitrogens is 1. The number of anilines is 1. The average molecular weight is 375 g/mol. The van der Waals surface area contributed by atoms with Crippen LogP contribution in [-0.4, -0.2) is 60.5 Å². The Labute approximate surface area is 158 Å². The van der Waals surface area contributed by atoms with Gasteiger partial charge in [0.25, 0.3) is 0 Å². The van der Waals surface area contributed by atoms with Gasteiger partial charge in [-0.25, -0.2) is 4.98 Å². The summed E-state index contributed by atoms with van der Waals surface area (Å²) in [6.45, 7) is 4.87. The van der Waals surface area contributed by atoms with E-state index in [0.717, 1.165) is 38.5 Å². The first-order valence-corrected chi connectivity index (χ1v) is 8.99. The number of ether oxygens (including phenoxy) is 1. The number of nitrogens with zero attached hydrogens (tertiary/aromatic N) is 3. The number of halogens is 1. The van der Waals surface area contributed by atoms with Gasteiger partial charge >= 0.3 is 0 Å². The summed E-state index contributed by atoms with van der Waals surface area (Å²) in [6, 6.07) is 11.6. The van der Waals surface area contributed by atoms with Gasteiger partial charge < -0.3 is 10.1 Å². The smallest absolute Gasteiger partial charge is 0.239 e. The van der Waals surface area contributed by atoms with Gasteiger partial charge in [-0.15, -0.1) is 0 Å². The molecule has 1 aliphatic heterocycles. The van der Waals surface area contributed by atoms with Gasteiger partial charge in [-0.05, 0) is 29.8 Å². The quantitative estimate of drug-likeness (QED) is 0.841. The number of carbonyl (C=O) groups is 1. The summed E-state index contributed by atoms with van der Waals surface area (Å²) in [5, 5.41) is 3.35. The SMILES string of the molecule is COc1cccc(CN2CCN(CC(=O)Nc3ccc(Cl)cn3)CC2)c1. The first-order valence-electron chi connectivity index (χ1n) is 8.61. The highest BCUT2D eigenvalue weighted by atomic mass is 35.5. The highest BCUT2D eigenvalue weighted by Crippen LogP contribution is 2.15. The van der Waals surface area contributed by atoms with Crippen molar-refractivity contribution in [2.24, 2.45) is 0 Å². The Morgan fingerprint density at radius 1 is 1.19 bits per heavy atom. The Morgan fingerprint density at radius 2 is 1.96 bits per heavy atom. The fourth-order valence-corrected chi connectivity index (χ4v) is 3.08. The molecule has 0 aliphatic carbocycles. The molecule has 2 aromatic rings. The van der Waals surface area contributed by atoms with Crippen molar-refractivity contribution in [3.05, 3.63) is 53.2 Å². The molecular formula is C19H23ClN4O2. The summed E-state index contributed by atoms with van der Waals surface area (Å²) in [7, 11) is 1.68. The van der Waals surface area contributed by atoms with Crippen molar-refractivity contribution in [2.75, 3.05) is 45.2 Å². The summed E-state index contributed by atoms with van der Waals surface area (Å²) in [5.41, 5.74) is 1.24. The molecule has 1 fully saturated rings. The van der Waals surface area contributed by atoms with Gasteiger partial charge in [-0.1, -0.05) is 23.7 Å². The lowest BCUT2D eigenvalue weighted by Gasteiger charge is -2.34. The van der Waals surface area contributed by atoms with Crippen molar-refractivity contribution in [3.8, 4) is 5.75 Å².